The molecule has 38 heavy (non-hydrogen) atoms. The second kappa shape index (κ2) is 9.50. The molecule has 9 heteroatoms. The summed E-state index contributed by atoms with van der Waals surface area (Å²) in [6.45, 7) is 3.89. The maximum absolute atomic E-state index is 4.67. The molecule has 0 spiro atoms. The number of pyridine rings is 3. The predicted octanol–water partition coefficient (Wildman–Crippen LogP) is 5.34. The fraction of sp³-hybridized carbons (Fsp3) is 0.276. The third kappa shape index (κ3) is 4.24. The van der Waals surface area contributed by atoms with Crippen LogP contribution in [0.25, 0.3) is 50.3 Å². The minimum Gasteiger partial charge on any atom is -0.338 e. The molecule has 1 fully saturated rings. The zero-order valence-electron chi connectivity index (χ0n) is 21.3. The van der Waals surface area contributed by atoms with Crippen LogP contribution in [0.5, 0.6) is 0 Å². The molecular weight excluding hydrogens is 474 g/mol. The van der Waals surface area contributed by atoms with Crippen molar-refractivity contribution >= 4 is 22.1 Å². The molecule has 0 saturated heterocycles. The molecule has 6 aromatic heterocycles. The van der Waals surface area contributed by atoms with Crippen molar-refractivity contribution in [2.24, 2.45) is 5.92 Å². The molecule has 0 aliphatic heterocycles. The van der Waals surface area contributed by atoms with Gasteiger partial charge in [-0.2, -0.15) is 5.10 Å². The summed E-state index contributed by atoms with van der Waals surface area (Å²) in [6, 6.07) is 8.41. The minimum atomic E-state index is 0.739. The monoisotopic (exact) mass is 503 g/mol. The topological polar surface area (TPSA) is 113 Å². The molecule has 0 unspecified atom stereocenters. The van der Waals surface area contributed by atoms with Crippen molar-refractivity contribution in [3.05, 3.63) is 72.8 Å². The number of fused-ring (bicyclic) bond motifs is 2. The molecule has 3 N–H and O–H groups in total. The highest BCUT2D eigenvalue weighted by atomic mass is 15.2. The van der Waals surface area contributed by atoms with Gasteiger partial charge in [-0.05, 0) is 62.1 Å². The zero-order chi connectivity index (χ0) is 25.5. The summed E-state index contributed by atoms with van der Waals surface area (Å²) in [5, 5.41) is 13.3. The molecular formula is C29H29N9. The van der Waals surface area contributed by atoms with E-state index in [9.17, 15) is 0 Å². The number of aryl methyl sites for hydroxylation is 1. The Morgan fingerprint density at radius 1 is 0.974 bits per heavy atom. The van der Waals surface area contributed by atoms with E-state index in [0.29, 0.717) is 0 Å². The fourth-order valence-electron chi connectivity index (χ4n) is 5.56. The maximum atomic E-state index is 4.67. The van der Waals surface area contributed by atoms with Gasteiger partial charge in [-0.3, -0.25) is 10.1 Å². The molecule has 0 radical (unpaired) electrons. The standard InChI is InChI=1S/C29H29N9/c1-18-16-38(17-34-18)26-6-7-32-28-23(26)10-25(35-28)27-24-9-22(15-33-29(24)37-36-27)21-8-20(13-31-14-21)12-30-11-19-4-2-3-5-19/h6-10,13-17,19,30H,2-5,11-12H2,1H3,(H,32,35)(H,33,36,37). The van der Waals surface area contributed by atoms with E-state index in [0.717, 1.165) is 75.0 Å². The van der Waals surface area contributed by atoms with Gasteiger partial charge in [0.25, 0.3) is 0 Å². The number of hydrogen-bond acceptors (Lipinski definition) is 6. The second-order valence-electron chi connectivity index (χ2n) is 10.3. The van der Waals surface area contributed by atoms with Gasteiger partial charge >= 0.3 is 0 Å². The van der Waals surface area contributed by atoms with E-state index >= 15 is 0 Å². The van der Waals surface area contributed by atoms with Gasteiger partial charge in [0.05, 0.1) is 23.4 Å². The summed E-state index contributed by atoms with van der Waals surface area (Å²) in [7, 11) is 0. The van der Waals surface area contributed by atoms with E-state index < -0.39 is 0 Å². The number of nitrogens with zero attached hydrogens (tertiary/aromatic N) is 6. The van der Waals surface area contributed by atoms with Crippen molar-refractivity contribution in [2.75, 3.05) is 6.54 Å². The van der Waals surface area contributed by atoms with E-state index in [1.165, 1.54) is 31.2 Å². The SMILES string of the molecule is Cc1cn(-c2ccnc3[nH]c(-c4n[nH]c5ncc(-c6cncc(CNCC7CCCC7)c6)cc45)cc23)cn1. The van der Waals surface area contributed by atoms with Crippen molar-refractivity contribution in [1.29, 1.82) is 0 Å². The third-order valence-electron chi connectivity index (χ3n) is 7.54. The summed E-state index contributed by atoms with van der Waals surface area (Å²) >= 11 is 0. The number of H-pyrrole nitrogens is 2. The van der Waals surface area contributed by atoms with Gasteiger partial charge in [0, 0.05) is 59.4 Å². The van der Waals surface area contributed by atoms with Crippen LogP contribution in [0.15, 0.2) is 61.6 Å². The number of hydrogen-bond donors (Lipinski definition) is 3. The Morgan fingerprint density at radius 3 is 2.74 bits per heavy atom. The van der Waals surface area contributed by atoms with E-state index in [-0.39, 0.29) is 0 Å². The van der Waals surface area contributed by atoms with Crippen LogP contribution >= 0.6 is 0 Å². The maximum Gasteiger partial charge on any atom is 0.155 e. The molecule has 0 bridgehead atoms. The van der Waals surface area contributed by atoms with E-state index in [4.69, 9.17) is 0 Å². The lowest BCUT2D eigenvalue weighted by Crippen LogP contribution is -2.20. The Labute approximate surface area is 219 Å². The van der Waals surface area contributed by atoms with Crippen LogP contribution < -0.4 is 5.32 Å². The smallest absolute Gasteiger partial charge is 0.155 e. The normalized spacial score (nSPS) is 14.2. The summed E-state index contributed by atoms with van der Waals surface area (Å²) in [5.74, 6) is 0.817. The van der Waals surface area contributed by atoms with Crippen LogP contribution in [-0.2, 0) is 6.54 Å². The van der Waals surface area contributed by atoms with Gasteiger partial charge in [-0.25, -0.2) is 15.0 Å². The lowest BCUT2D eigenvalue weighted by atomic mass is 10.1. The number of aromatic amines is 2. The molecule has 1 saturated carbocycles. The van der Waals surface area contributed by atoms with E-state index in [2.05, 4.69) is 58.6 Å². The highest BCUT2D eigenvalue weighted by Gasteiger charge is 2.16. The molecule has 6 aromatic rings. The summed E-state index contributed by atoms with van der Waals surface area (Å²) < 4.78 is 2.02. The highest BCUT2D eigenvalue weighted by molar-refractivity contribution is 5.97. The van der Waals surface area contributed by atoms with Crippen LogP contribution in [0.2, 0.25) is 0 Å². The number of nitrogens with one attached hydrogen (secondary N) is 3. The Kier molecular flexibility index (Phi) is 5.70. The third-order valence-corrected chi connectivity index (χ3v) is 7.54. The summed E-state index contributed by atoms with van der Waals surface area (Å²) in [4.78, 5) is 21.6. The lowest BCUT2D eigenvalue weighted by molar-refractivity contribution is 0.489. The average Bonchev–Trinajstić information content (AvgIpc) is 3.74. The van der Waals surface area contributed by atoms with Gasteiger partial charge in [0.1, 0.15) is 11.3 Å². The van der Waals surface area contributed by atoms with Crippen LogP contribution in [0, 0.1) is 12.8 Å². The first-order chi connectivity index (χ1) is 18.7. The van der Waals surface area contributed by atoms with Crippen LogP contribution in [0.1, 0.15) is 36.9 Å². The molecule has 1 aliphatic carbocycles. The van der Waals surface area contributed by atoms with Crippen molar-refractivity contribution in [2.45, 2.75) is 39.2 Å². The lowest BCUT2D eigenvalue weighted by Gasteiger charge is -2.11. The van der Waals surface area contributed by atoms with Crippen LogP contribution in [0.4, 0.5) is 0 Å². The Balaban J connectivity index is 1.20. The first-order valence-electron chi connectivity index (χ1n) is 13.2. The highest BCUT2D eigenvalue weighted by Crippen LogP contribution is 2.32. The molecule has 9 nitrogen and oxygen atoms in total. The van der Waals surface area contributed by atoms with Crippen molar-refractivity contribution in [3.8, 4) is 28.2 Å². The van der Waals surface area contributed by atoms with Crippen LogP contribution in [0.3, 0.4) is 0 Å². The minimum absolute atomic E-state index is 0.739. The first-order valence-corrected chi connectivity index (χ1v) is 13.2. The molecule has 190 valence electrons. The van der Waals surface area contributed by atoms with Gasteiger partial charge < -0.3 is 14.9 Å². The second-order valence-corrected chi connectivity index (χ2v) is 10.3. The molecule has 1 aliphatic rings. The molecule has 7 rings (SSSR count). The van der Waals surface area contributed by atoms with Crippen LogP contribution in [-0.4, -0.2) is 46.2 Å². The van der Waals surface area contributed by atoms with E-state index in [1.54, 1.807) is 6.20 Å². The van der Waals surface area contributed by atoms with Crippen molar-refractivity contribution in [3.63, 3.8) is 0 Å². The fourth-order valence-corrected chi connectivity index (χ4v) is 5.56. The number of imidazole rings is 1. The number of rotatable bonds is 7. The Morgan fingerprint density at radius 2 is 1.87 bits per heavy atom. The average molecular weight is 504 g/mol. The van der Waals surface area contributed by atoms with Gasteiger partial charge in [0.2, 0.25) is 0 Å². The first kappa shape index (κ1) is 22.8. The van der Waals surface area contributed by atoms with Crippen molar-refractivity contribution < 1.29 is 0 Å². The largest absolute Gasteiger partial charge is 0.338 e. The van der Waals surface area contributed by atoms with E-state index in [1.807, 2.05) is 48.7 Å². The quantitative estimate of drug-likeness (QED) is 0.271. The molecule has 6 heterocycles. The number of aromatic nitrogens is 8. The predicted molar refractivity (Wildman–Crippen MR) is 148 cm³/mol. The zero-order valence-corrected chi connectivity index (χ0v) is 21.3. The molecule has 0 aromatic carbocycles. The van der Waals surface area contributed by atoms with Gasteiger partial charge in [0.15, 0.2) is 5.65 Å². The summed E-state index contributed by atoms with van der Waals surface area (Å²) in [6.07, 6.45) is 16.8. The molecule has 0 amide bonds. The van der Waals surface area contributed by atoms with Crippen molar-refractivity contribution in [1.82, 2.24) is 45.0 Å². The molecule has 0 atom stereocenters. The summed E-state index contributed by atoms with van der Waals surface area (Å²) in [5.41, 5.74) is 8.43. The van der Waals surface area contributed by atoms with Gasteiger partial charge in [-0.1, -0.05) is 12.8 Å². The Hall–Kier alpha value is -4.37. The Bertz CT molecular complexity index is 1740. The van der Waals surface area contributed by atoms with Gasteiger partial charge in [-0.15, -0.1) is 0 Å².